The molecule has 2 aromatic carbocycles. The molecule has 1 fully saturated rings. The molecule has 3 rings (SSSR count). The van der Waals surface area contributed by atoms with E-state index in [2.05, 4.69) is 46.4 Å². The van der Waals surface area contributed by atoms with Crippen molar-refractivity contribution in [1.29, 1.82) is 0 Å². The van der Waals surface area contributed by atoms with Gasteiger partial charge in [0.15, 0.2) is 5.96 Å². The third-order valence-electron chi connectivity index (χ3n) is 5.15. The predicted molar refractivity (Wildman–Crippen MR) is 112 cm³/mol. The van der Waals surface area contributed by atoms with E-state index in [-0.39, 0.29) is 6.04 Å². The van der Waals surface area contributed by atoms with Gasteiger partial charge in [-0.1, -0.05) is 37.3 Å². The number of nitrogens with one attached hydrogen (secondary N) is 1. The zero-order chi connectivity index (χ0) is 19.1. The maximum absolute atomic E-state index is 6.16. The van der Waals surface area contributed by atoms with Gasteiger partial charge in [-0.05, 0) is 56.1 Å². The van der Waals surface area contributed by atoms with Crippen molar-refractivity contribution in [3.63, 3.8) is 0 Å². The summed E-state index contributed by atoms with van der Waals surface area (Å²) < 4.78 is 5.59. The molecule has 0 radical (unpaired) electrons. The summed E-state index contributed by atoms with van der Waals surface area (Å²) in [5, 5.41) is 3.20. The molecule has 0 saturated carbocycles. The van der Waals surface area contributed by atoms with Gasteiger partial charge in [0, 0.05) is 11.3 Å². The highest BCUT2D eigenvalue weighted by Crippen LogP contribution is 2.31. The molecule has 1 heterocycles. The smallest absolute Gasteiger partial charge is 0.193 e. The molecule has 0 aliphatic carbocycles. The van der Waals surface area contributed by atoms with Crippen molar-refractivity contribution in [3.8, 4) is 5.75 Å². The van der Waals surface area contributed by atoms with Gasteiger partial charge < -0.3 is 15.8 Å². The number of benzene rings is 2. The largest absolute Gasteiger partial charge is 0.496 e. The van der Waals surface area contributed by atoms with E-state index < -0.39 is 0 Å². The fourth-order valence-electron chi connectivity index (χ4n) is 3.60. The highest BCUT2D eigenvalue weighted by atomic mass is 16.5. The first-order valence-corrected chi connectivity index (χ1v) is 9.74. The van der Waals surface area contributed by atoms with Crippen molar-refractivity contribution in [2.75, 3.05) is 32.1 Å². The molecule has 144 valence electrons. The first-order valence-electron chi connectivity index (χ1n) is 9.74. The molecule has 2 aromatic rings. The average Bonchev–Trinajstić information content (AvgIpc) is 3.23. The first-order chi connectivity index (χ1) is 13.2. The number of ether oxygens (including phenoxy) is 1. The van der Waals surface area contributed by atoms with E-state index in [0.717, 1.165) is 30.9 Å². The fraction of sp³-hybridized carbons (Fsp3) is 0.409. The molecular formula is C22H30N4O. The maximum atomic E-state index is 6.16. The maximum Gasteiger partial charge on any atom is 0.193 e. The molecule has 27 heavy (non-hydrogen) atoms. The minimum atomic E-state index is 0.173. The lowest BCUT2D eigenvalue weighted by Gasteiger charge is -2.28. The van der Waals surface area contributed by atoms with E-state index in [0.29, 0.717) is 12.5 Å². The number of rotatable bonds is 7. The topological polar surface area (TPSA) is 62.9 Å². The Morgan fingerprint density at radius 3 is 2.52 bits per heavy atom. The van der Waals surface area contributed by atoms with Crippen LogP contribution in [0.4, 0.5) is 5.69 Å². The monoisotopic (exact) mass is 366 g/mol. The molecule has 1 aliphatic heterocycles. The Labute approximate surface area is 162 Å². The summed E-state index contributed by atoms with van der Waals surface area (Å²) in [5.41, 5.74) is 9.60. The second-order valence-electron chi connectivity index (χ2n) is 6.90. The Morgan fingerprint density at radius 1 is 1.15 bits per heavy atom. The number of methoxy groups -OCH3 is 1. The SMILES string of the molecule is CCc1ccc(NC(N)=NCC(c2ccccc2OC)N2CCCC2)cc1. The van der Waals surface area contributed by atoms with Crippen LogP contribution in [-0.2, 0) is 6.42 Å². The van der Waals surface area contributed by atoms with Crippen molar-refractivity contribution in [1.82, 2.24) is 4.90 Å². The second kappa shape index (κ2) is 9.42. The summed E-state index contributed by atoms with van der Waals surface area (Å²) >= 11 is 0. The minimum absolute atomic E-state index is 0.173. The van der Waals surface area contributed by atoms with E-state index in [1.165, 1.54) is 24.0 Å². The van der Waals surface area contributed by atoms with Gasteiger partial charge in [0.2, 0.25) is 0 Å². The zero-order valence-electron chi connectivity index (χ0n) is 16.3. The summed E-state index contributed by atoms with van der Waals surface area (Å²) in [6.45, 7) is 4.93. The van der Waals surface area contributed by atoms with E-state index >= 15 is 0 Å². The van der Waals surface area contributed by atoms with E-state index in [9.17, 15) is 0 Å². The normalized spacial score (nSPS) is 16.3. The van der Waals surface area contributed by atoms with Gasteiger partial charge in [0.05, 0.1) is 19.7 Å². The van der Waals surface area contributed by atoms with Crippen LogP contribution in [0.2, 0.25) is 0 Å². The van der Waals surface area contributed by atoms with Gasteiger partial charge in [-0.2, -0.15) is 0 Å². The highest BCUT2D eigenvalue weighted by Gasteiger charge is 2.25. The second-order valence-corrected chi connectivity index (χ2v) is 6.90. The number of hydrogen-bond acceptors (Lipinski definition) is 3. The lowest BCUT2D eigenvalue weighted by molar-refractivity contribution is 0.245. The Bertz CT molecular complexity index is 751. The number of aliphatic imine (C=N–C) groups is 1. The average molecular weight is 367 g/mol. The molecule has 3 N–H and O–H groups in total. The van der Waals surface area contributed by atoms with Gasteiger partial charge in [-0.25, -0.2) is 0 Å². The molecule has 1 saturated heterocycles. The van der Waals surface area contributed by atoms with Gasteiger partial charge >= 0.3 is 0 Å². The standard InChI is InChI=1S/C22H30N4O/c1-3-17-10-12-18(13-11-17)25-22(23)24-16-20(26-14-6-7-15-26)19-8-4-5-9-21(19)27-2/h4-5,8-13,20H,3,6-7,14-16H2,1-2H3,(H3,23,24,25). The van der Waals surface area contributed by atoms with Gasteiger partial charge in [0.1, 0.15) is 5.75 Å². The van der Waals surface area contributed by atoms with Crippen LogP contribution in [0.3, 0.4) is 0 Å². The molecule has 5 heteroatoms. The molecule has 1 unspecified atom stereocenters. The van der Waals surface area contributed by atoms with Crippen molar-refractivity contribution in [3.05, 3.63) is 59.7 Å². The zero-order valence-corrected chi connectivity index (χ0v) is 16.3. The number of anilines is 1. The number of likely N-dealkylation sites (tertiary alicyclic amines) is 1. The van der Waals surface area contributed by atoms with Crippen molar-refractivity contribution < 1.29 is 4.74 Å². The third kappa shape index (κ3) is 5.01. The quantitative estimate of drug-likeness (QED) is 0.578. The van der Waals surface area contributed by atoms with Gasteiger partial charge in [0.25, 0.3) is 0 Å². The Morgan fingerprint density at radius 2 is 1.85 bits per heavy atom. The predicted octanol–water partition coefficient (Wildman–Crippen LogP) is 3.82. The van der Waals surface area contributed by atoms with Gasteiger partial charge in [-0.3, -0.25) is 9.89 Å². The molecule has 0 amide bonds. The molecule has 0 aromatic heterocycles. The minimum Gasteiger partial charge on any atom is -0.496 e. The molecule has 0 bridgehead atoms. The van der Waals surface area contributed by atoms with Crippen LogP contribution in [-0.4, -0.2) is 37.6 Å². The number of nitrogens with two attached hydrogens (primary N) is 1. The first kappa shape index (κ1) is 19.2. The number of nitrogens with zero attached hydrogens (tertiary/aromatic N) is 2. The molecule has 1 aliphatic rings. The lowest BCUT2D eigenvalue weighted by atomic mass is 10.0. The van der Waals surface area contributed by atoms with Crippen LogP contribution in [0.1, 0.15) is 36.9 Å². The fourth-order valence-corrected chi connectivity index (χ4v) is 3.60. The van der Waals surface area contributed by atoms with Crippen LogP contribution >= 0.6 is 0 Å². The Kier molecular flexibility index (Phi) is 6.71. The van der Waals surface area contributed by atoms with Crippen LogP contribution in [0, 0.1) is 0 Å². The summed E-state index contributed by atoms with van der Waals surface area (Å²) in [5.74, 6) is 1.35. The summed E-state index contributed by atoms with van der Waals surface area (Å²) in [6.07, 6.45) is 3.49. The highest BCUT2D eigenvalue weighted by molar-refractivity contribution is 5.92. The molecule has 1 atom stereocenters. The number of para-hydroxylation sites is 1. The van der Waals surface area contributed by atoms with Crippen LogP contribution in [0.15, 0.2) is 53.5 Å². The summed E-state index contributed by atoms with van der Waals surface area (Å²) in [6, 6.07) is 16.7. The Balaban J connectivity index is 1.74. The van der Waals surface area contributed by atoms with Crippen molar-refractivity contribution in [2.45, 2.75) is 32.2 Å². The molecule has 5 nitrogen and oxygen atoms in total. The summed E-state index contributed by atoms with van der Waals surface area (Å²) in [4.78, 5) is 7.12. The van der Waals surface area contributed by atoms with Crippen LogP contribution < -0.4 is 15.8 Å². The Hall–Kier alpha value is -2.53. The molecule has 0 spiro atoms. The van der Waals surface area contributed by atoms with E-state index in [1.54, 1.807) is 7.11 Å². The summed E-state index contributed by atoms with van der Waals surface area (Å²) in [7, 11) is 1.72. The third-order valence-corrected chi connectivity index (χ3v) is 5.15. The van der Waals surface area contributed by atoms with Crippen molar-refractivity contribution in [2.24, 2.45) is 10.7 Å². The van der Waals surface area contributed by atoms with Crippen LogP contribution in [0.5, 0.6) is 5.75 Å². The number of aryl methyl sites for hydroxylation is 1. The van der Waals surface area contributed by atoms with Gasteiger partial charge in [-0.15, -0.1) is 0 Å². The number of hydrogen-bond donors (Lipinski definition) is 2. The van der Waals surface area contributed by atoms with Crippen molar-refractivity contribution >= 4 is 11.6 Å². The lowest BCUT2D eigenvalue weighted by Crippen LogP contribution is -2.30. The van der Waals surface area contributed by atoms with Crippen LogP contribution in [0.25, 0.3) is 0 Å². The number of guanidine groups is 1. The van der Waals surface area contributed by atoms with E-state index in [1.807, 2.05) is 24.3 Å². The molecular weight excluding hydrogens is 336 g/mol. The van der Waals surface area contributed by atoms with E-state index in [4.69, 9.17) is 10.5 Å².